The number of hydrogen-bond donors (Lipinski definition) is 2. The highest BCUT2D eigenvalue weighted by Gasteiger charge is 2.07. The molecule has 0 aliphatic heterocycles. The number of primary amides is 1. The van der Waals surface area contributed by atoms with E-state index in [0.29, 0.717) is 17.9 Å². The summed E-state index contributed by atoms with van der Waals surface area (Å²) in [5.74, 6) is 0.0417. The van der Waals surface area contributed by atoms with Crippen LogP contribution in [-0.4, -0.2) is 10.9 Å². The van der Waals surface area contributed by atoms with E-state index in [1.165, 1.54) is 5.56 Å². The molecule has 0 saturated heterocycles. The van der Waals surface area contributed by atoms with E-state index in [1.807, 2.05) is 31.2 Å². The Kier molecular flexibility index (Phi) is 3.57. The number of nitrogens with one attached hydrogen (secondary N) is 1. The predicted octanol–water partition coefficient (Wildman–Crippen LogP) is 2.10. The molecule has 0 atom stereocenters. The first-order valence-corrected chi connectivity index (χ1v) is 5.71. The van der Waals surface area contributed by atoms with Crippen LogP contribution in [0, 0.1) is 6.92 Å². The molecule has 92 valence electrons. The zero-order valence-corrected chi connectivity index (χ0v) is 10.2. The van der Waals surface area contributed by atoms with E-state index in [0.717, 1.165) is 5.56 Å². The summed E-state index contributed by atoms with van der Waals surface area (Å²) in [4.78, 5) is 15.3. The van der Waals surface area contributed by atoms with Crippen LogP contribution in [0.2, 0.25) is 0 Å². The van der Waals surface area contributed by atoms with E-state index in [4.69, 9.17) is 5.73 Å². The normalized spacial score (nSPS) is 10.1. The second kappa shape index (κ2) is 5.31. The monoisotopic (exact) mass is 241 g/mol. The lowest BCUT2D eigenvalue weighted by Gasteiger charge is -2.08. The molecule has 0 spiro atoms. The quantitative estimate of drug-likeness (QED) is 0.861. The number of aryl methyl sites for hydroxylation is 1. The van der Waals surface area contributed by atoms with Gasteiger partial charge in [0.2, 0.25) is 0 Å². The average Bonchev–Trinajstić information content (AvgIpc) is 2.38. The Balaban J connectivity index is 2.10. The molecule has 0 aliphatic carbocycles. The summed E-state index contributed by atoms with van der Waals surface area (Å²) in [7, 11) is 0. The third-order valence-electron chi connectivity index (χ3n) is 2.65. The van der Waals surface area contributed by atoms with Gasteiger partial charge in [0.05, 0.1) is 5.56 Å². The Labute approximate surface area is 106 Å². The highest BCUT2D eigenvalue weighted by molar-refractivity contribution is 5.97. The molecule has 1 heterocycles. The molecule has 1 amide bonds. The standard InChI is InChI=1S/C14H15N3O/c1-10-4-6-11(7-5-10)9-17-14-12(13(15)18)3-2-8-16-14/h2-8H,9H2,1H3,(H2,15,18)(H,16,17). The molecule has 0 aliphatic rings. The molecule has 2 aromatic rings. The molecule has 0 bridgehead atoms. The summed E-state index contributed by atoms with van der Waals surface area (Å²) >= 11 is 0. The fourth-order valence-corrected chi connectivity index (χ4v) is 1.64. The third-order valence-corrected chi connectivity index (χ3v) is 2.65. The van der Waals surface area contributed by atoms with Crippen molar-refractivity contribution in [2.75, 3.05) is 5.32 Å². The minimum absolute atomic E-state index is 0.407. The molecule has 0 unspecified atom stereocenters. The number of amides is 1. The van der Waals surface area contributed by atoms with Gasteiger partial charge in [0.15, 0.2) is 0 Å². The Bertz CT molecular complexity index is 549. The molecule has 4 heteroatoms. The van der Waals surface area contributed by atoms with Crippen molar-refractivity contribution in [1.29, 1.82) is 0 Å². The van der Waals surface area contributed by atoms with Gasteiger partial charge in [0.1, 0.15) is 5.82 Å². The summed E-state index contributed by atoms with van der Waals surface area (Å²) in [5, 5.41) is 3.12. The van der Waals surface area contributed by atoms with Crippen molar-refractivity contribution in [3.05, 3.63) is 59.3 Å². The number of carbonyl (C=O) groups excluding carboxylic acids is 1. The maximum atomic E-state index is 11.2. The molecular formula is C14H15N3O. The Morgan fingerprint density at radius 1 is 1.28 bits per heavy atom. The van der Waals surface area contributed by atoms with E-state index in [2.05, 4.69) is 10.3 Å². The first kappa shape index (κ1) is 12.1. The molecule has 1 aromatic heterocycles. The van der Waals surface area contributed by atoms with Gasteiger partial charge in [-0.25, -0.2) is 4.98 Å². The first-order chi connectivity index (χ1) is 8.66. The zero-order valence-electron chi connectivity index (χ0n) is 10.2. The number of nitrogens with two attached hydrogens (primary N) is 1. The lowest BCUT2D eigenvalue weighted by molar-refractivity contribution is 0.100. The Morgan fingerprint density at radius 3 is 2.67 bits per heavy atom. The molecular weight excluding hydrogens is 226 g/mol. The van der Waals surface area contributed by atoms with Gasteiger partial charge in [-0.05, 0) is 24.6 Å². The average molecular weight is 241 g/mol. The molecule has 1 aromatic carbocycles. The summed E-state index contributed by atoms with van der Waals surface area (Å²) in [6.45, 7) is 2.65. The second-order valence-electron chi connectivity index (χ2n) is 4.10. The van der Waals surface area contributed by atoms with Crippen LogP contribution in [0.4, 0.5) is 5.82 Å². The minimum Gasteiger partial charge on any atom is -0.365 e. The van der Waals surface area contributed by atoms with Gasteiger partial charge in [0.25, 0.3) is 5.91 Å². The highest BCUT2D eigenvalue weighted by atomic mass is 16.1. The molecule has 0 fully saturated rings. The predicted molar refractivity (Wildman–Crippen MR) is 71.3 cm³/mol. The fourth-order valence-electron chi connectivity index (χ4n) is 1.64. The Morgan fingerprint density at radius 2 is 2.00 bits per heavy atom. The largest absolute Gasteiger partial charge is 0.365 e. The highest BCUT2D eigenvalue weighted by Crippen LogP contribution is 2.12. The van der Waals surface area contributed by atoms with Crippen LogP contribution < -0.4 is 11.1 Å². The van der Waals surface area contributed by atoms with Crippen molar-refractivity contribution >= 4 is 11.7 Å². The molecule has 4 nitrogen and oxygen atoms in total. The molecule has 3 N–H and O–H groups in total. The number of rotatable bonds is 4. The van der Waals surface area contributed by atoms with Crippen molar-refractivity contribution in [1.82, 2.24) is 4.98 Å². The van der Waals surface area contributed by atoms with Crippen LogP contribution in [0.15, 0.2) is 42.6 Å². The van der Waals surface area contributed by atoms with Gasteiger partial charge >= 0.3 is 0 Å². The summed E-state index contributed by atoms with van der Waals surface area (Å²) < 4.78 is 0. The van der Waals surface area contributed by atoms with Gasteiger partial charge in [-0.15, -0.1) is 0 Å². The lowest BCUT2D eigenvalue weighted by atomic mass is 10.1. The summed E-state index contributed by atoms with van der Waals surface area (Å²) in [6, 6.07) is 11.5. The minimum atomic E-state index is -0.477. The molecule has 18 heavy (non-hydrogen) atoms. The summed E-state index contributed by atoms with van der Waals surface area (Å²) in [5.41, 5.74) is 8.04. The van der Waals surface area contributed by atoms with Gasteiger partial charge in [-0.1, -0.05) is 29.8 Å². The van der Waals surface area contributed by atoms with Crippen LogP contribution in [0.1, 0.15) is 21.5 Å². The van der Waals surface area contributed by atoms with Crippen LogP contribution >= 0.6 is 0 Å². The molecule has 0 saturated carbocycles. The Hall–Kier alpha value is -2.36. The number of hydrogen-bond acceptors (Lipinski definition) is 3. The lowest BCUT2D eigenvalue weighted by Crippen LogP contribution is -2.15. The van der Waals surface area contributed by atoms with Gasteiger partial charge in [-0.3, -0.25) is 4.79 Å². The van der Waals surface area contributed by atoms with E-state index in [-0.39, 0.29) is 0 Å². The van der Waals surface area contributed by atoms with Gasteiger partial charge in [-0.2, -0.15) is 0 Å². The van der Waals surface area contributed by atoms with Gasteiger partial charge in [0, 0.05) is 12.7 Å². The number of anilines is 1. The van der Waals surface area contributed by atoms with Crippen LogP contribution in [0.5, 0.6) is 0 Å². The van der Waals surface area contributed by atoms with Gasteiger partial charge < -0.3 is 11.1 Å². The van der Waals surface area contributed by atoms with Crippen molar-refractivity contribution in [2.45, 2.75) is 13.5 Å². The van der Waals surface area contributed by atoms with E-state index in [9.17, 15) is 4.79 Å². The smallest absolute Gasteiger partial charge is 0.252 e. The number of carbonyl (C=O) groups is 1. The van der Waals surface area contributed by atoms with Crippen molar-refractivity contribution < 1.29 is 4.79 Å². The van der Waals surface area contributed by atoms with Crippen molar-refractivity contribution in [3.8, 4) is 0 Å². The topological polar surface area (TPSA) is 68.0 Å². The number of aromatic nitrogens is 1. The molecule has 0 radical (unpaired) electrons. The molecule has 2 rings (SSSR count). The maximum Gasteiger partial charge on any atom is 0.252 e. The van der Waals surface area contributed by atoms with Crippen molar-refractivity contribution in [3.63, 3.8) is 0 Å². The number of benzene rings is 1. The summed E-state index contributed by atoms with van der Waals surface area (Å²) in [6.07, 6.45) is 1.63. The maximum absolute atomic E-state index is 11.2. The zero-order chi connectivity index (χ0) is 13.0. The van der Waals surface area contributed by atoms with E-state index >= 15 is 0 Å². The third kappa shape index (κ3) is 2.85. The second-order valence-corrected chi connectivity index (χ2v) is 4.10. The van der Waals surface area contributed by atoms with E-state index in [1.54, 1.807) is 18.3 Å². The van der Waals surface area contributed by atoms with E-state index < -0.39 is 5.91 Å². The van der Waals surface area contributed by atoms with Crippen molar-refractivity contribution in [2.24, 2.45) is 5.73 Å². The van der Waals surface area contributed by atoms with Crippen LogP contribution in [0.3, 0.4) is 0 Å². The number of nitrogens with zero attached hydrogens (tertiary/aromatic N) is 1. The van der Waals surface area contributed by atoms with Crippen LogP contribution in [0.25, 0.3) is 0 Å². The number of pyridine rings is 1. The fraction of sp³-hybridized carbons (Fsp3) is 0.143. The SMILES string of the molecule is Cc1ccc(CNc2ncccc2C(N)=O)cc1. The van der Waals surface area contributed by atoms with Crippen LogP contribution in [-0.2, 0) is 6.54 Å². The first-order valence-electron chi connectivity index (χ1n) is 5.71.